The number of nitrogen functional groups attached to an aromatic ring is 1. The first-order valence-electron chi connectivity index (χ1n) is 5.15. The fourth-order valence-electron chi connectivity index (χ4n) is 1.74. The van der Waals surface area contributed by atoms with Crippen molar-refractivity contribution in [3.05, 3.63) is 23.4 Å². The van der Waals surface area contributed by atoms with Crippen LogP contribution in [0, 0.1) is 6.92 Å². The largest absolute Gasteiger partial charge is 0.383 e. The molecule has 0 bridgehead atoms. The lowest BCUT2D eigenvalue weighted by molar-refractivity contribution is 0.535. The minimum absolute atomic E-state index is 0.327. The highest BCUT2D eigenvalue weighted by atomic mass is 14.9. The summed E-state index contributed by atoms with van der Waals surface area (Å²) in [5.41, 5.74) is 8.24. The molecule has 1 rings (SSSR count). The van der Waals surface area contributed by atoms with Crippen LogP contribution in [0.2, 0.25) is 0 Å². The summed E-state index contributed by atoms with van der Waals surface area (Å²) in [4.78, 5) is 4.13. The van der Waals surface area contributed by atoms with E-state index in [1.54, 1.807) is 6.20 Å². The van der Waals surface area contributed by atoms with Gasteiger partial charge in [-0.1, -0.05) is 13.8 Å². The minimum atomic E-state index is 0.327. The van der Waals surface area contributed by atoms with Gasteiger partial charge in [0.25, 0.3) is 0 Å². The number of aryl methyl sites for hydroxylation is 1. The smallest absolute Gasteiger partial charge is 0.128 e. The van der Waals surface area contributed by atoms with E-state index in [9.17, 15) is 0 Å². The number of hydrogen-bond acceptors (Lipinski definition) is 3. The van der Waals surface area contributed by atoms with E-state index in [1.165, 1.54) is 5.56 Å². The van der Waals surface area contributed by atoms with Gasteiger partial charge in [-0.2, -0.15) is 0 Å². The second kappa shape index (κ2) is 4.96. The summed E-state index contributed by atoms with van der Waals surface area (Å²) in [7, 11) is 0. The molecule has 1 aromatic heterocycles. The molecule has 0 aliphatic heterocycles. The molecule has 0 saturated heterocycles. The van der Waals surface area contributed by atoms with Crippen molar-refractivity contribution in [2.75, 3.05) is 12.3 Å². The van der Waals surface area contributed by atoms with Crippen molar-refractivity contribution in [3.63, 3.8) is 0 Å². The monoisotopic (exact) mass is 193 g/mol. The van der Waals surface area contributed by atoms with Gasteiger partial charge < -0.3 is 11.1 Å². The lowest BCUT2D eigenvalue weighted by Crippen LogP contribution is -2.22. The van der Waals surface area contributed by atoms with E-state index in [0.717, 1.165) is 18.5 Å². The maximum Gasteiger partial charge on any atom is 0.128 e. The van der Waals surface area contributed by atoms with E-state index in [-0.39, 0.29) is 0 Å². The molecule has 0 amide bonds. The Labute approximate surface area is 85.7 Å². The van der Waals surface area contributed by atoms with Crippen LogP contribution in [-0.2, 0) is 0 Å². The molecule has 3 heteroatoms. The van der Waals surface area contributed by atoms with E-state index in [2.05, 4.69) is 31.1 Å². The molecule has 1 unspecified atom stereocenters. The van der Waals surface area contributed by atoms with E-state index in [0.29, 0.717) is 11.9 Å². The van der Waals surface area contributed by atoms with E-state index in [4.69, 9.17) is 5.73 Å². The molecule has 0 aromatic carbocycles. The molecule has 1 aromatic rings. The zero-order valence-electron chi connectivity index (χ0n) is 9.17. The standard InChI is InChI=1S/C11H19N3/c1-4-9(13-5-2)10-8(3)6-7-14-11(10)12/h6-7,9,13H,4-5H2,1-3H3,(H2,12,14). The zero-order chi connectivity index (χ0) is 10.6. The van der Waals surface area contributed by atoms with Crippen LogP contribution in [0.25, 0.3) is 0 Å². The van der Waals surface area contributed by atoms with Crippen LogP contribution < -0.4 is 11.1 Å². The molecule has 0 aliphatic rings. The third-order valence-electron chi connectivity index (χ3n) is 2.45. The summed E-state index contributed by atoms with van der Waals surface area (Å²) in [6, 6.07) is 2.33. The Hall–Kier alpha value is -1.09. The highest BCUT2D eigenvalue weighted by molar-refractivity contribution is 5.45. The van der Waals surface area contributed by atoms with Gasteiger partial charge in [0, 0.05) is 17.8 Å². The average Bonchev–Trinajstić information content (AvgIpc) is 2.16. The molecule has 14 heavy (non-hydrogen) atoms. The number of nitrogens with two attached hydrogens (primary N) is 1. The maximum atomic E-state index is 5.88. The summed E-state index contributed by atoms with van der Waals surface area (Å²) >= 11 is 0. The van der Waals surface area contributed by atoms with Crippen LogP contribution in [0.15, 0.2) is 12.3 Å². The topological polar surface area (TPSA) is 50.9 Å². The molecule has 78 valence electrons. The van der Waals surface area contributed by atoms with Crippen LogP contribution in [0.3, 0.4) is 0 Å². The molecule has 3 nitrogen and oxygen atoms in total. The number of nitrogens with zero attached hydrogens (tertiary/aromatic N) is 1. The highest BCUT2D eigenvalue weighted by Gasteiger charge is 2.13. The van der Waals surface area contributed by atoms with Gasteiger partial charge in [-0.15, -0.1) is 0 Å². The number of rotatable bonds is 4. The van der Waals surface area contributed by atoms with Crippen molar-refractivity contribution in [1.29, 1.82) is 0 Å². The number of nitrogens with one attached hydrogen (secondary N) is 1. The van der Waals surface area contributed by atoms with E-state index < -0.39 is 0 Å². The van der Waals surface area contributed by atoms with E-state index in [1.807, 2.05) is 6.07 Å². The second-order valence-electron chi connectivity index (χ2n) is 3.45. The van der Waals surface area contributed by atoms with Crippen molar-refractivity contribution in [2.45, 2.75) is 33.2 Å². The molecule has 0 saturated carbocycles. The predicted octanol–water partition coefficient (Wildman–Crippen LogP) is 2.03. The molecule has 1 heterocycles. The van der Waals surface area contributed by atoms with Crippen LogP contribution in [0.4, 0.5) is 5.82 Å². The average molecular weight is 193 g/mol. The quantitative estimate of drug-likeness (QED) is 0.769. The number of anilines is 1. The predicted molar refractivity (Wildman–Crippen MR) is 60.1 cm³/mol. The number of aromatic nitrogens is 1. The van der Waals surface area contributed by atoms with Gasteiger partial charge >= 0.3 is 0 Å². The highest BCUT2D eigenvalue weighted by Crippen LogP contribution is 2.24. The van der Waals surface area contributed by atoms with Gasteiger partial charge in [-0.05, 0) is 31.5 Å². The van der Waals surface area contributed by atoms with Gasteiger partial charge in [-0.25, -0.2) is 4.98 Å². The summed E-state index contributed by atoms with van der Waals surface area (Å²) in [5, 5.41) is 3.41. The molecular weight excluding hydrogens is 174 g/mol. The normalized spacial score (nSPS) is 12.8. The van der Waals surface area contributed by atoms with Crippen molar-refractivity contribution in [2.24, 2.45) is 0 Å². The second-order valence-corrected chi connectivity index (χ2v) is 3.45. The summed E-state index contributed by atoms with van der Waals surface area (Å²) < 4.78 is 0. The first-order chi connectivity index (χ1) is 6.70. The molecule has 1 atom stereocenters. The SMILES string of the molecule is CCNC(CC)c1c(C)ccnc1N. The first kappa shape index (κ1) is 11.0. The Morgan fingerprint density at radius 1 is 1.50 bits per heavy atom. The number of hydrogen-bond donors (Lipinski definition) is 2. The third kappa shape index (κ3) is 2.23. The third-order valence-corrected chi connectivity index (χ3v) is 2.45. The van der Waals surface area contributed by atoms with Crippen molar-refractivity contribution < 1.29 is 0 Å². The van der Waals surface area contributed by atoms with Gasteiger partial charge in [0.1, 0.15) is 5.82 Å². The number of pyridine rings is 1. The molecular formula is C11H19N3. The minimum Gasteiger partial charge on any atom is -0.383 e. The fraction of sp³-hybridized carbons (Fsp3) is 0.545. The van der Waals surface area contributed by atoms with Crippen LogP contribution in [-0.4, -0.2) is 11.5 Å². The molecule has 0 fully saturated rings. The van der Waals surface area contributed by atoms with Gasteiger partial charge in [0.05, 0.1) is 0 Å². The summed E-state index contributed by atoms with van der Waals surface area (Å²) in [5.74, 6) is 0.651. The summed E-state index contributed by atoms with van der Waals surface area (Å²) in [6.45, 7) is 7.28. The van der Waals surface area contributed by atoms with Gasteiger partial charge in [0.2, 0.25) is 0 Å². The molecule has 0 radical (unpaired) electrons. The molecule has 3 N–H and O–H groups in total. The fourth-order valence-corrected chi connectivity index (χ4v) is 1.74. The summed E-state index contributed by atoms with van der Waals surface area (Å²) in [6.07, 6.45) is 2.79. The lowest BCUT2D eigenvalue weighted by Gasteiger charge is -2.19. The van der Waals surface area contributed by atoms with Crippen molar-refractivity contribution in [3.8, 4) is 0 Å². The zero-order valence-corrected chi connectivity index (χ0v) is 9.17. The molecule has 0 spiro atoms. The Morgan fingerprint density at radius 2 is 2.21 bits per heavy atom. The lowest BCUT2D eigenvalue weighted by atomic mass is 10.0. The van der Waals surface area contributed by atoms with Crippen LogP contribution in [0.5, 0.6) is 0 Å². The van der Waals surface area contributed by atoms with Gasteiger partial charge in [-0.3, -0.25) is 0 Å². The Kier molecular flexibility index (Phi) is 3.89. The first-order valence-corrected chi connectivity index (χ1v) is 5.15. The Morgan fingerprint density at radius 3 is 2.71 bits per heavy atom. The maximum absolute atomic E-state index is 5.88. The van der Waals surface area contributed by atoms with Crippen molar-refractivity contribution in [1.82, 2.24) is 10.3 Å². The Balaban J connectivity index is 3.02. The Bertz CT molecular complexity index is 276. The van der Waals surface area contributed by atoms with Gasteiger partial charge in [0.15, 0.2) is 0 Å². The van der Waals surface area contributed by atoms with Crippen LogP contribution >= 0.6 is 0 Å². The van der Waals surface area contributed by atoms with Crippen LogP contribution in [0.1, 0.15) is 37.4 Å². The van der Waals surface area contributed by atoms with E-state index >= 15 is 0 Å². The molecule has 0 aliphatic carbocycles. The van der Waals surface area contributed by atoms with Crippen molar-refractivity contribution >= 4 is 5.82 Å².